The van der Waals surface area contributed by atoms with Crippen LogP contribution in [0, 0.1) is 23.2 Å². The largest absolute Gasteiger partial charge is 0.460 e. The van der Waals surface area contributed by atoms with Gasteiger partial charge >= 0.3 is 5.97 Å². The van der Waals surface area contributed by atoms with Crippen LogP contribution in [0.4, 0.5) is 0 Å². The van der Waals surface area contributed by atoms with Crippen LogP contribution in [-0.2, 0) is 33.3 Å². The van der Waals surface area contributed by atoms with Crippen molar-refractivity contribution in [2.24, 2.45) is 23.2 Å². The van der Waals surface area contributed by atoms with Gasteiger partial charge in [0.1, 0.15) is 17.6 Å². The van der Waals surface area contributed by atoms with Gasteiger partial charge in [-0.15, -0.1) is 0 Å². The number of likely N-dealkylation sites (tertiary alicyclic amines) is 1. The van der Waals surface area contributed by atoms with Gasteiger partial charge in [-0.05, 0) is 107 Å². The van der Waals surface area contributed by atoms with Crippen molar-refractivity contribution in [1.82, 2.24) is 19.6 Å². The standard InChI is InChI=1S/C36H66N4O8/c1-22-19-36(7,45-13)32(48-33-30(42)27(38(10)11)18-23(2)46-33)24(3)31(43)35(5,6)34(44)47-25(4)29(39(12)20-22)26-14-16-40(17-15-26)28(41)21-37(8)9/h22-27,29-30,32-33,42H,14-21H2,1-13H3/t22-,23-,24+,25+,27+,29?,30-,32-,33+,36-/m1/s1. The van der Waals surface area contributed by atoms with E-state index >= 15 is 0 Å². The van der Waals surface area contributed by atoms with Gasteiger partial charge in [-0.3, -0.25) is 19.3 Å². The van der Waals surface area contributed by atoms with E-state index in [2.05, 4.69) is 18.9 Å². The summed E-state index contributed by atoms with van der Waals surface area (Å²) in [7, 11) is 11.3. The normalized spacial score (nSPS) is 38.3. The topological polar surface area (TPSA) is 121 Å². The van der Waals surface area contributed by atoms with E-state index in [0.29, 0.717) is 39.0 Å². The molecule has 0 bridgehead atoms. The number of methoxy groups -OCH3 is 1. The molecule has 3 saturated heterocycles. The van der Waals surface area contributed by atoms with Crippen LogP contribution in [0.3, 0.4) is 0 Å². The molecular weight excluding hydrogens is 616 g/mol. The molecule has 3 aliphatic heterocycles. The van der Waals surface area contributed by atoms with Gasteiger partial charge in [-0.2, -0.15) is 0 Å². The van der Waals surface area contributed by atoms with Crippen molar-refractivity contribution in [2.45, 2.75) is 123 Å². The molecule has 0 saturated carbocycles. The van der Waals surface area contributed by atoms with E-state index in [0.717, 1.165) is 12.8 Å². The van der Waals surface area contributed by atoms with Gasteiger partial charge in [0.25, 0.3) is 0 Å². The fourth-order valence-corrected chi connectivity index (χ4v) is 8.43. The number of rotatable bonds is 7. The lowest BCUT2D eigenvalue weighted by Gasteiger charge is -2.47. The molecule has 0 aromatic heterocycles. The monoisotopic (exact) mass is 682 g/mol. The summed E-state index contributed by atoms with van der Waals surface area (Å²) in [5.41, 5.74) is -2.43. The van der Waals surface area contributed by atoms with Crippen molar-refractivity contribution < 1.29 is 38.4 Å². The number of hydrogen-bond donors (Lipinski definition) is 1. The number of cyclic esters (lactones) is 1. The van der Waals surface area contributed by atoms with Crippen LogP contribution in [0.5, 0.6) is 0 Å². The Hall–Kier alpha value is -1.67. The molecule has 3 heterocycles. The maximum Gasteiger partial charge on any atom is 0.319 e. The number of ketones is 1. The molecule has 12 nitrogen and oxygen atoms in total. The maximum atomic E-state index is 14.4. The first kappa shape index (κ1) is 40.8. The van der Waals surface area contributed by atoms with E-state index < -0.39 is 47.5 Å². The summed E-state index contributed by atoms with van der Waals surface area (Å²) in [6, 6.07) is -0.300. The molecule has 3 rings (SSSR count). The first-order valence-electron chi connectivity index (χ1n) is 17.8. The molecule has 48 heavy (non-hydrogen) atoms. The molecule has 1 unspecified atom stereocenters. The minimum absolute atomic E-state index is 0.0971. The zero-order chi connectivity index (χ0) is 36.3. The van der Waals surface area contributed by atoms with Crippen molar-refractivity contribution in [3.8, 4) is 0 Å². The van der Waals surface area contributed by atoms with E-state index in [-0.39, 0.29) is 41.7 Å². The Morgan fingerprint density at radius 2 is 1.65 bits per heavy atom. The number of likely N-dealkylation sites (N-methyl/N-ethyl adjacent to an activating group) is 3. The number of hydrogen-bond acceptors (Lipinski definition) is 11. The minimum Gasteiger partial charge on any atom is -0.460 e. The molecule has 278 valence electrons. The Labute approximate surface area is 289 Å². The SMILES string of the molecule is CO[C@]1(C)C[C@@H](C)CN(C)C(C2CCN(C(=O)CN(C)C)CC2)[C@H](C)OC(=O)C(C)(C)C(=O)[C@H](C)[C@H]1O[C@@H]1O[C@H](C)C[C@H](N(C)C)[C@H]1O. The minimum atomic E-state index is -1.47. The lowest BCUT2D eigenvalue weighted by molar-refractivity contribution is -0.295. The zero-order valence-corrected chi connectivity index (χ0v) is 32.0. The first-order valence-corrected chi connectivity index (χ1v) is 17.8. The second-order valence-electron chi connectivity index (χ2n) is 16.2. The number of carbonyl (C=O) groups excluding carboxylic acids is 3. The smallest absolute Gasteiger partial charge is 0.319 e. The molecular formula is C36H66N4O8. The number of amides is 1. The Kier molecular flexibility index (Phi) is 14.1. The maximum absolute atomic E-state index is 14.4. The summed E-state index contributed by atoms with van der Waals surface area (Å²) in [5.74, 6) is -1.27. The van der Waals surface area contributed by atoms with Gasteiger partial charge in [0.15, 0.2) is 12.1 Å². The highest BCUT2D eigenvalue weighted by Crippen LogP contribution is 2.39. The Balaban J connectivity index is 1.96. The predicted molar refractivity (Wildman–Crippen MR) is 184 cm³/mol. The van der Waals surface area contributed by atoms with E-state index in [1.165, 1.54) is 0 Å². The summed E-state index contributed by atoms with van der Waals surface area (Å²) in [4.78, 5) is 49.1. The predicted octanol–water partition coefficient (Wildman–Crippen LogP) is 2.51. The lowest BCUT2D eigenvalue weighted by atomic mass is 9.74. The number of esters is 1. The average molecular weight is 683 g/mol. The molecule has 3 fully saturated rings. The van der Waals surface area contributed by atoms with Crippen LogP contribution in [0.25, 0.3) is 0 Å². The summed E-state index contributed by atoms with van der Waals surface area (Å²) < 4.78 is 25.3. The van der Waals surface area contributed by atoms with Crippen LogP contribution in [0.15, 0.2) is 0 Å². The quantitative estimate of drug-likeness (QED) is 0.315. The van der Waals surface area contributed by atoms with Gasteiger partial charge in [-0.25, -0.2) is 0 Å². The molecule has 1 N–H and O–H groups in total. The highest BCUT2D eigenvalue weighted by Gasteiger charge is 2.52. The zero-order valence-electron chi connectivity index (χ0n) is 32.0. The molecule has 12 heteroatoms. The van der Waals surface area contributed by atoms with Gasteiger partial charge in [0.05, 0.1) is 24.4 Å². The highest BCUT2D eigenvalue weighted by molar-refractivity contribution is 6.04. The van der Waals surface area contributed by atoms with Crippen molar-refractivity contribution in [3.05, 3.63) is 0 Å². The number of piperidine rings is 1. The van der Waals surface area contributed by atoms with Crippen molar-refractivity contribution in [3.63, 3.8) is 0 Å². The molecule has 0 aromatic rings. The van der Waals surface area contributed by atoms with Crippen molar-refractivity contribution >= 4 is 17.7 Å². The number of aliphatic hydroxyl groups excluding tert-OH is 1. The van der Waals surface area contributed by atoms with E-state index in [9.17, 15) is 19.5 Å². The fourth-order valence-electron chi connectivity index (χ4n) is 8.43. The number of ether oxygens (including phenoxy) is 4. The number of Topliss-reactive ketones (excluding diaryl/α,β-unsaturated/α-hetero) is 1. The lowest BCUT2D eigenvalue weighted by Crippen LogP contribution is -2.59. The van der Waals surface area contributed by atoms with Crippen LogP contribution in [0.2, 0.25) is 0 Å². The Bertz CT molecular complexity index is 1100. The van der Waals surface area contributed by atoms with Gasteiger partial charge in [-0.1, -0.05) is 13.8 Å². The number of aliphatic hydroxyl groups is 1. The van der Waals surface area contributed by atoms with Crippen LogP contribution >= 0.6 is 0 Å². The summed E-state index contributed by atoms with van der Waals surface area (Å²) in [6.07, 6.45) is -0.631. The highest BCUT2D eigenvalue weighted by atomic mass is 16.7. The van der Waals surface area contributed by atoms with Crippen molar-refractivity contribution in [2.75, 3.05) is 68.5 Å². The number of nitrogens with zero attached hydrogens (tertiary/aromatic N) is 4. The average Bonchev–Trinajstić information content (AvgIpc) is 2.99. The number of carbonyl (C=O) groups is 3. The van der Waals surface area contributed by atoms with Crippen LogP contribution in [0.1, 0.15) is 74.1 Å². The Morgan fingerprint density at radius 1 is 1.04 bits per heavy atom. The first-order chi connectivity index (χ1) is 22.2. The van der Waals surface area contributed by atoms with Crippen LogP contribution < -0.4 is 0 Å². The molecule has 0 radical (unpaired) electrons. The fraction of sp³-hybridized carbons (Fsp3) is 0.917. The van der Waals surface area contributed by atoms with E-state index in [1.807, 2.05) is 63.7 Å². The second-order valence-corrected chi connectivity index (χ2v) is 16.2. The third-order valence-electron chi connectivity index (χ3n) is 11.1. The van der Waals surface area contributed by atoms with E-state index in [4.69, 9.17) is 18.9 Å². The van der Waals surface area contributed by atoms with Gasteiger partial charge < -0.3 is 38.8 Å². The second kappa shape index (κ2) is 16.6. The molecule has 1 amide bonds. The molecule has 0 aromatic carbocycles. The Morgan fingerprint density at radius 3 is 2.19 bits per heavy atom. The summed E-state index contributed by atoms with van der Waals surface area (Å²) in [6.45, 7) is 15.4. The van der Waals surface area contributed by atoms with Gasteiger partial charge in [0.2, 0.25) is 5.91 Å². The third kappa shape index (κ3) is 9.35. The molecule has 0 spiro atoms. The molecule has 0 aliphatic carbocycles. The van der Waals surface area contributed by atoms with E-state index in [1.54, 1.807) is 27.9 Å². The molecule has 3 aliphatic rings. The molecule has 10 atom stereocenters. The summed E-state index contributed by atoms with van der Waals surface area (Å²) >= 11 is 0. The third-order valence-corrected chi connectivity index (χ3v) is 11.1. The van der Waals surface area contributed by atoms with Crippen LogP contribution in [-0.4, -0.2) is 159 Å². The summed E-state index contributed by atoms with van der Waals surface area (Å²) in [5, 5.41) is 11.4. The van der Waals surface area contributed by atoms with Gasteiger partial charge in [0, 0.05) is 44.7 Å². The van der Waals surface area contributed by atoms with Crippen molar-refractivity contribution in [1.29, 1.82) is 0 Å².